The van der Waals surface area contributed by atoms with Crippen molar-refractivity contribution in [3.63, 3.8) is 0 Å². The van der Waals surface area contributed by atoms with Gasteiger partial charge < -0.3 is 4.90 Å². The van der Waals surface area contributed by atoms with Crippen molar-refractivity contribution in [2.75, 3.05) is 18.9 Å². The van der Waals surface area contributed by atoms with Crippen molar-refractivity contribution >= 4 is 5.69 Å². The van der Waals surface area contributed by atoms with Crippen molar-refractivity contribution in [1.29, 1.82) is 5.26 Å². The molecule has 0 atom stereocenters. The zero-order valence-electron chi connectivity index (χ0n) is 9.20. The highest BCUT2D eigenvalue weighted by Crippen LogP contribution is 2.10. The summed E-state index contributed by atoms with van der Waals surface area (Å²) in [7, 11) is 1.49. The Hall–Kier alpha value is -1.49. The Kier molecular flexibility index (Phi) is 1.23. The minimum Gasteiger partial charge on any atom is -0.378 e. The highest BCUT2D eigenvalue weighted by Gasteiger charge is 1.93. The van der Waals surface area contributed by atoms with Crippen LogP contribution in [0.3, 0.4) is 0 Å². The van der Waals surface area contributed by atoms with E-state index in [1.165, 1.54) is 11.9 Å². The number of nitriles is 1. The summed E-state index contributed by atoms with van der Waals surface area (Å²) in [5.74, 6) is 0. The molecule has 0 aromatic heterocycles. The standard InChI is InChI=1S/C9H10N2/c1-11(2)9-5-3-8(7-10)4-6-9/h3-6H,1-2H3/i1D3. The highest BCUT2D eigenvalue weighted by atomic mass is 15.1. The highest BCUT2D eigenvalue weighted by molar-refractivity contribution is 5.48. The lowest BCUT2D eigenvalue weighted by atomic mass is 10.2. The minimum absolute atomic E-state index is 0.521. The van der Waals surface area contributed by atoms with Crippen molar-refractivity contribution < 1.29 is 4.11 Å². The van der Waals surface area contributed by atoms with Crippen molar-refractivity contribution in [1.82, 2.24) is 0 Å². The van der Waals surface area contributed by atoms with E-state index in [9.17, 15) is 0 Å². The molecule has 0 heterocycles. The molecule has 0 saturated heterocycles. The molecule has 0 saturated carbocycles. The molecule has 0 unspecified atom stereocenters. The van der Waals surface area contributed by atoms with E-state index in [1.54, 1.807) is 24.3 Å². The smallest absolute Gasteiger partial charge is 0.0991 e. The second-order valence-corrected chi connectivity index (χ2v) is 2.22. The first-order valence-electron chi connectivity index (χ1n) is 4.69. The van der Waals surface area contributed by atoms with Crippen LogP contribution in [-0.4, -0.2) is 14.0 Å². The predicted octanol–water partition coefficient (Wildman–Crippen LogP) is 1.62. The van der Waals surface area contributed by atoms with Crippen LogP contribution in [0.25, 0.3) is 0 Å². The van der Waals surface area contributed by atoms with Crippen LogP contribution in [0, 0.1) is 11.3 Å². The van der Waals surface area contributed by atoms with Crippen LogP contribution in [0.15, 0.2) is 24.3 Å². The van der Waals surface area contributed by atoms with E-state index in [0.29, 0.717) is 11.3 Å². The van der Waals surface area contributed by atoms with Crippen LogP contribution < -0.4 is 4.90 Å². The maximum absolute atomic E-state index is 8.55. The van der Waals surface area contributed by atoms with Crippen molar-refractivity contribution in [3.8, 4) is 6.07 Å². The fraction of sp³-hybridized carbons (Fsp3) is 0.222. The summed E-state index contributed by atoms with van der Waals surface area (Å²) in [5.41, 5.74) is 1.09. The molecule has 0 bridgehead atoms. The Morgan fingerprint density at radius 2 is 2.09 bits per heavy atom. The first-order chi connectivity index (χ1) is 6.45. The monoisotopic (exact) mass is 149 g/mol. The molecule has 0 amide bonds. The second kappa shape index (κ2) is 3.07. The van der Waals surface area contributed by atoms with Crippen molar-refractivity contribution in [3.05, 3.63) is 29.8 Å². The molecule has 0 fully saturated rings. The van der Waals surface area contributed by atoms with Crippen LogP contribution in [-0.2, 0) is 0 Å². The first kappa shape index (κ1) is 4.40. The molecular formula is C9H10N2. The molecule has 0 radical (unpaired) electrons. The van der Waals surface area contributed by atoms with Gasteiger partial charge in [-0.25, -0.2) is 0 Å². The normalized spacial score (nSPS) is 14.0. The molecular weight excluding hydrogens is 136 g/mol. The Balaban J connectivity index is 2.94. The van der Waals surface area contributed by atoms with Crippen LogP contribution in [0.5, 0.6) is 0 Å². The summed E-state index contributed by atoms with van der Waals surface area (Å²) in [6, 6.07) is 8.39. The van der Waals surface area contributed by atoms with E-state index >= 15 is 0 Å². The number of rotatable bonds is 1. The molecule has 11 heavy (non-hydrogen) atoms. The molecule has 0 aliphatic rings. The predicted molar refractivity (Wildman–Crippen MR) is 45.5 cm³/mol. The third kappa shape index (κ3) is 1.71. The average Bonchev–Trinajstić information content (AvgIpc) is 2.15. The van der Waals surface area contributed by atoms with Crippen LogP contribution in [0.2, 0.25) is 0 Å². The van der Waals surface area contributed by atoms with Gasteiger partial charge in [-0.3, -0.25) is 0 Å². The van der Waals surface area contributed by atoms with Gasteiger partial charge in [-0.1, -0.05) is 0 Å². The Morgan fingerprint density at radius 1 is 1.45 bits per heavy atom. The largest absolute Gasteiger partial charge is 0.378 e. The van der Waals surface area contributed by atoms with Crippen LogP contribution in [0.1, 0.15) is 9.68 Å². The summed E-state index contributed by atoms with van der Waals surface area (Å²) in [4.78, 5) is 1.19. The molecule has 0 aliphatic carbocycles. The molecule has 0 spiro atoms. The summed E-state index contributed by atoms with van der Waals surface area (Å²) in [6.07, 6.45) is 0. The Morgan fingerprint density at radius 3 is 2.55 bits per heavy atom. The molecule has 2 heteroatoms. The quantitative estimate of drug-likeness (QED) is 0.606. The lowest BCUT2D eigenvalue weighted by Gasteiger charge is -2.11. The number of hydrogen-bond donors (Lipinski definition) is 0. The molecule has 0 N–H and O–H groups in total. The van der Waals surface area contributed by atoms with Gasteiger partial charge in [0, 0.05) is 23.8 Å². The number of hydrogen-bond acceptors (Lipinski definition) is 2. The van der Waals surface area contributed by atoms with Crippen molar-refractivity contribution in [2.24, 2.45) is 0 Å². The van der Waals surface area contributed by atoms with E-state index in [4.69, 9.17) is 9.37 Å². The van der Waals surface area contributed by atoms with Gasteiger partial charge in [0.1, 0.15) is 0 Å². The summed E-state index contributed by atoms with van der Waals surface area (Å²) in [5, 5.41) is 8.55. The van der Waals surface area contributed by atoms with Gasteiger partial charge in [0.05, 0.1) is 11.6 Å². The fourth-order valence-corrected chi connectivity index (χ4v) is 0.760. The van der Waals surface area contributed by atoms with E-state index in [0.717, 1.165) is 0 Å². The maximum atomic E-state index is 8.55. The Labute approximate surface area is 70.9 Å². The average molecular weight is 149 g/mol. The zero-order chi connectivity index (χ0) is 10.8. The van der Waals surface area contributed by atoms with E-state index in [2.05, 4.69) is 0 Å². The molecule has 1 aromatic carbocycles. The first-order valence-corrected chi connectivity index (χ1v) is 3.19. The third-order valence-electron chi connectivity index (χ3n) is 1.38. The Bertz CT molecular complexity index is 348. The molecule has 1 aromatic rings. The topological polar surface area (TPSA) is 27.0 Å². The van der Waals surface area contributed by atoms with Gasteiger partial charge >= 0.3 is 0 Å². The van der Waals surface area contributed by atoms with Gasteiger partial charge in [-0.2, -0.15) is 5.26 Å². The molecule has 56 valence electrons. The third-order valence-corrected chi connectivity index (χ3v) is 1.38. The zero-order valence-corrected chi connectivity index (χ0v) is 6.20. The molecule has 2 nitrogen and oxygen atoms in total. The van der Waals surface area contributed by atoms with E-state index in [1.807, 2.05) is 6.07 Å². The SMILES string of the molecule is [2H]C([2H])([2H])N(C)c1ccc(C#N)cc1. The van der Waals surface area contributed by atoms with Gasteiger partial charge in [0.15, 0.2) is 0 Å². The summed E-state index contributed by atoms with van der Waals surface area (Å²) >= 11 is 0. The molecule has 0 aliphatic heterocycles. The van der Waals surface area contributed by atoms with Crippen molar-refractivity contribution in [2.45, 2.75) is 0 Å². The molecule has 1 rings (SSSR count). The van der Waals surface area contributed by atoms with Gasteiger partial charge in [-0.05, 0) is 24.3 Å². The van der Waals surface area contributed by atoms with Gasteiger partial charge in [0.2, 0.25) is 0 Å². The van der Waals surface area contributed by atoms with Crippen LogP contribution >= 0.6 is 0 Å². The van der Waals surface area contributed by atoms with E-state index in [-0.39, 0.29) is 0 Å². The lowest BCUT2D eigenvalue weighted by molar-refractivity contribution is 1.13. The minimum atomic E-state index is -2.14. The maximum Gasteiger partial charge on any atom is 0.0991 e. The number of benzene rings is 1. The summed E-state index contributed by atoms with van der Waals surface area (Å²) < 4.78 is 21.5. The van der Waals surface area contributed by atoms with Gasteiger partial charge in [-0.15, -0.1) is 0 Å². The lowest BCUT2D eigenvalue weighted by Crippen LogP contribution is -2.07. The van der Waals surface area contributed by atoms with Gasteiger partial charge in [0.25, 0.3) is 0 Å². The summed E-state index contributed by atoms with van der Waals surface area (Å²) in [6.45, 7) is -2.14. The fourth-order valence-electron chi connectivity index (χ4n) is 0.760. The van der Waals surface area contributed by atoms with E-state index < -0.39 is 6.98 Å². The number of nitrogens with zero attached hydrogens (tertiary/aromatic N) is 2. The van der Waals surface area contributed by atoms with Crippen LogP contribution in [0.4, 0.5) is 5.69 Å². The second-order valence-electron chi connectivity index (χ2n) is 2.22. The number of anilines is 1.